The van der Waals surface area contributed by atoms with Crippen molar-refractivity contribution in [1.82, 2.24) is 0 Å². The van der Waals surface area contributed by atoms with Gasteiger partial charge in [0.1, 0.15) is 11.2 Å². The quantitative estimate of drug-likeness (QED) is 0.251. The molecule has 1 aliphatic heterocycles. The Balaban J connectivity index is 1.76. The summed E-state index contributed by atoms with van der Waals surface area (Å²) in [6, 6.07) is 23.2. The van der Waals surface area contributed by atoms with Crippen LogP contribution in [0.2, 0.25) is 0 Å². The number of fused-ring (bicyclic) bond motifs is 7. The molecule has 1 fully saturated rings. The van der Waals surface area contributed by atoms with Gasteiger partial charge in [-0.25, -0.2) is 0 Å². The van der Waals surface area contributed by atoms with E-state index < -0.39 is 18.3 Å². The third-order valence-electron chi connectivity index (χ3n) is 6.90. The predicted molar refractivity (Wildman–Crippen MR) is 124 cm³/mol. The molecule has 0 N–H and O–H groups in total. The van der Waals surface area contributed by atoms with Gasteiger partial charge >= 0.3 is 7.12 Å². The van der Waals surface area contributed by atoms with E-state index in [-0.39, 0.29) is 0 Å². The molecule has 0 radical (unpaired) electrons. The summed E-state index contributed by atoms with van der Waals surface area (Å²) in [4.78, 5) is 0. The van der Waals surface area contributed by atoms with Gasteiger partial charge in [-0.1, -0.05) is 54.6 Å². The Morgan fingerprint density at radius 2 is 1.30 bits per heavy atom. The third-order valence-corrected chi connectivity index (χ3v) is 6.90. The maximum atomic E-state index is 6.47. The van der Waals surface area contributed by atoms with Crippen molar-refractivity contribution in [2.75, 3.05) is 0 Å². The lowest BCUT2D eigenvalue weighted by Gasteiger charge is -2.32. The average molecular weight is 394 g/mol. The highest BCUT2D eigenvalue weighted by Crippen LogP contribution is 2.40. The second kappa shape index (κ2) is 5.87. The van der Waals surface area contributed by atoms with Crippen molar-refractivity contribution in [3.63, 3.8) is 0 Å². The zero-order valence-corrected chi connectivity index (χ0v) is 17.7. The monoisotopic (exact) mass is 394 g/mol. The molecular formula is C26H23BO3. The molecule has 1 saturated heterocycles. The summed E-state index contributed by atoms with van der Waals surface area (Å²) in [7, 11) is -0.457. The molecule has 4 heteroatoms. The van der Waals surface area contributed by atoms with Crippen LogP contribution in [0.1, 0.15) is 27.7 Å². The van der Waals surface area contributed by atoms with Gasteiger partial charge in [0.25, 0.3) is 0 Å². The van der Waals surface area contributed by atoms with Gasteiger partial charge in [0.15, 0.2) is 0 Å². The van der Waals surface area contributed by atoms with E-state index in [1.807, 2.05) is 12.1 Å². The van der Waals surface area contributed by atoms with Gasteiger partial charge in [-0.05, 0) is 61.4 Å². The molecule has 148 valence electrons. The molecular weight excluding hydrogens is 371 g/mol. The average Bonchev–Trinajstić information content (AvgIpc) is 3.20. The summed E-state index contributed by atoms with van der Waals surface area (Å²) in [5, 5.41) is 6.85. The molecule has 1 aromatic heterocycles. The van der Waals surface area contributed by atoms with E-state index in [2.05, 4.69) is 82.3 Å². The molecule has 4 aromatic carbocycles. The van der Waals surface area contributed by atoms with Crippen LogP contribution in [0.4, 0.5) is 0 Å². The first-order valence-corrected chi connectivity index (χ1v) is 10.5. The molecule has 0 unspecified atom stereocenters. The van der Waals surface area contributed by atoms with Gasteiger partial charge in [-0.15, -0.1) is 0 Å². The van der Waals surface area contributed by atoms with E-state index in [0.29, 0.717) is 0 Å². The van der Waals surface area contributed by atoms with Gasteiger partial charge in [-0.3, -0.25) is 0 Å². The van der Waals surface area contributed by atoms with Crippen molar-refractivity contribution in [2.45, 2.75) is 38.9 Å². The number of furan rings is 1. The molecule has 0 bridgehead atoms. The Labute approximate surface area is 175 Å². The zero-order valence-electron chi connectivity index (χ0n) is 17.7. The topological polar surface area (TPSA) is 31.6 Å². The van der Waals surface area contributed by atoms with Gasteiger partial charge in [0, 0.05) is 16.2 Å². The fourth-order valence-electron chi connectivity index (χ4n) is 4.56. The van der Waals surface area contributed by atoms with Crippen LogP contribution in [-0.4, -0.2) is 18.3 Å². The van der Waals surface area contributed by atoms with Crippen LogP contribution in [0.5, 0.6) is 0 Å². The summed E-state index contributed by atoms with van der Waals surface area (Å²) >= 11 is 0. The van der Waals surface area contributed by atoms with Gasteiger partial charge in [-0.2, -0.15) is 0 Å². The SMILES string of the molecule is CC1(C)OB(c2cc3ccccc3c3ccc4c5ccccc5oc4c23)OC1(C)C. The second-order valence-electron chi connectivity index (χ2n) is 9.24. The van der Waals surface area contributed by atoms with E-state index >= 15 is 0 Å². The fraction of sp³-hybridized carbons (Fsp3) is 0.231. The van der Waals surface area contributed by atoms with Crippen molar-refractivity contribution in [2.24, 2.45) is 0 Å². The lowest BCUT2D eigenvalue weighted by Crippen LogP contribution is -2.41. The van der Waals surface area contributed by atoms with Crippen LogP contribution in [0.15, 0.2) is 71.1 Å². The van der Waals surface area contributed by atoms with Crippen LogP contribution in [0.25, 0.3) is 43.5 Å². The molecule has 0 saturated carbocycles. The first kappa shape index (κ1) is 18.0. The van der Waals surface area contributed by atoms with Crippen LogP contribution in [-0.2, 0) is 9.31 Å². The van der Waals surface area contributed by atoms with Crippen LogP contribution < -0.4 is 5.46 Å². The number of rotatable bonds is 1. The van der Waals surface area contributed by atoms with Crippen molar-refractivity contribution in [3.8, 4) is 0 Å². The number of para-hydroxylation sites is 1. The molecule has 6 rings (SSSR count). The van der Waals surface area contributed by atoms with Crippen LogP contribution in [0, 0.1) is 0 Å². The number of benzene rings is 4. The maximum absolute atomic E-state index is 6.47. The van der Waals surface area contributed by atoms with Crippen LogP contribution in [0.3, 0.4) is 0 Å². The van der Waals surface area contributed by atoms with E-state index in [0.717, 1.165) is 38.2 Å². The van der Waals surface area contributed by atoms with Gasteiger partial charge < -0.3 is 13.7 Å². The highest BCUT2D eigenvalue weighted by molar-refractivity contribution is 6.66. The molecule has 3 nitrogen and oxygen atoms in total. The molecule has 30 heavy (non-hydrogen) atoms. The predicted octanol–water partition coefficient (Wildman–Crippen LogP) is 6.19. The van der Waals surface area contributed by atoms with Gasteiger partial charge in [0.2, 0.25) is 0 Å². The Morgan fingerprint density at radius 3 is 2.07 bits per heavy atom. The van der Waals surface area contributed by atoms with Crippen molar-refractivity contribution >= 4 is 56.1 Å². The lowest BCUT2D eigenvalue weighted by atomic mass is 9.74. The molecule has 1 aliphatic rings. The Kier molecular flexibility index (Phi) is 3.52. The zero-order chi connectivity index (χ0) is 20.7. The maximum Gasteiger partial charge on any atom is 0.495 e. The first-order valence-electron chi connectivity index (χ1n) is 10.5. The Hall–Kier alpha value is -2.82. The highest BCUT2D eigenvalue weighted by Gasteiger charge is 2.52. The second-order valence-corrected chi connectivity index (χ2v) is 9.24. The standard InChI is InChI=1S/C26H23BO3/c1-25(2)26(3,4)30-27(29-25)21-15-16-9-5-6-10-17(16)19-13-14-20-18-11-7-8-12-22(18)28-24(20)23(19)21/h5-15H,1-4H3. The van der Waals surface area contributed by atoms with Crippen molar-refractivity contribution in [3.05, 3.63) is 66.7 Å². The van der Waals surface area contributed by atoms with E-state index in [1.54, 1.807) is 0 Å². The molecule has 2 heterocycles. The fourth-order valence-corrected chi connectivity index (χ4v) is 4.56. The number of hydrogen-bond donors (Lipinski definition) is 0. The smallest absolute Gasteiger partial charge is 0.455 e. The minimum Gasteiger partial charge on any atom is -0.455 e. The van der Waals surface area contributed by atoms with E-state index in [9.17, 15) is 0 Å². The van der Waals surface area contributed by atoms with E-state index in [1.165, 1.54) is 10.8 Å². The lowest BCUT2D eigenvalue weighted by molar-refractivity contribution is 0.00578. The Bertz CT molecular complexity index is 1450. The number of hydrogen-bond acceptors (Lipinski definition) is 3. The summed E-state index contributed by atoms with van der Waals surface area (Å²) in [6.45, 7) is 8.36. The Morgan fingerprint density at radius 1 is 0.667 bits per heavy atom. The van der Waals surface area contributed by atoms with Crippen molar-refractivity contribution < 1.29 is 13.7 Å². The molecule has 0 amide bonds. The summed E-state index contributed by atoms with van der Waals surface area (Å²) in [5.41, 5.74) is 2.00. The van der Waals surface area contributed by atoms with Crippen molar-refractivity contribution in [1.29, 1.82) is 0 Å². The van der Waals surface area contributed by atoms with E-state index in [4.69, 9.17) is 13.7 Å². The van der Waals surface area contributed by atoms with Gasteiger partial charge in [0.05, 0.1) is 11.2 Å². The molecule has 5 aromatic rings. The normalized spacial score (nSPS) is 18.2. The third kappa shape index (κ3) is 2.35. The summed E-state index contributed by atoms with van der Waals surface area (Å²) < 4.78 is 19.3. The summed E-state index contributed by atoms with van der Waals surface area (Å²) in [6.07, 6.45) is 0. The molecule has 0 atom stereocenters. The largest absolute Gasteiger partial charge is 0.495 e. The molecule has 0 spiro atoms. The minimum atomic E-state index is -0.457. The first-order chi connectivity index (χ1) is 14.4. The molecule has 0 aliphatic carbocycles. The highest BCUT2D eigenvalue weighted by atomic mass is 16.7. The van der Waals surface area contributed by atoms with Crippen LogP contribution >= 0.6 is 0 Å². The minimum absolute atomic E-state index is 0.405. The summed E-state index contributed by atoms with van der Waals surface area (Å²) in [5.74, 6) is 0.